The van der Waals surface area contributed by atoms with Gasteiger partial charge in [-0.2, -0.15) is 0 Å². The van der Waals surface area contributed by atoms with Gasteiger partial charge < -0.3 is 19.5 Å². The van der Waals surface area contributed by atoms with Gasteiger partial charge in [0.2, 0.25) is 0 Å². The number of ether oxygens (including phenoxy) is 1. The minimum Gasteiger partial charge on any atom is -0.450 e. The number of hydrogen-bond acceptors (Lipinski definition) is 5. The van der Waals surface area contributed by atoms with Crippen molar-refractivity contribution >= 4 is 38.8 Å². The first-order chi connectivity index (χ1) is 18.9. The molecule has 1 fully saturated rings. The van der Waals surface area contributed by atoms with E-state index in [2.05, 4.69) is 56.9 Å². The lowest BCUT2D eigenvalue weighted by Gasteiger charge is -2.36. The number of nitrogens with zero attached hydrogens (tertiary/aromatic N) is 4. The summed E-state index contributed by atoms with van der Waals surface area (Å²) in [5, 5.41) is 1.17. The summed E-state index contributed by atoms with van der Waals surface area (Å²) in [7, 11) is 4.20. The molecule has 0 aliphatic carbocycles. The van der Waals surface area contributed by atoms with Gasteiger partial charge in [-0.05, 0) is 88.4 Å². The third-order valence-electron chi connectivity index (χ3n) is 7.80. The van der Waals surface area contributed by atoms with Crippen molar-refractivity contribution in [3.63, 3.8) is 0 Å². The number of piperazine rings is 1. The lowest BCUT2D eigenvalue weighted by atomic mass is 9.92. The standard InChI is InChI=1S/C30H38BrN5O3/c1-4-39-30(38)36-15-12-24-25-20-23(31)10-11-26(25)32-27(24)28(36)21-6-8-22(9-7-21)29(37)35-18-16-34(17-19-35)14-5-13-33(2)3/h6-11,20,28,32H,4-5,12-19H2,1-3H3. The Morgan fingerprint density at radius 2 is 1.79 bits per heavy atom. The summed E-state index contributed by atoms with van der Waals surface area (Å²) < 4.78 is 6.45. The Morgan fingerprint density at radius 1 is 1.05 bits per heavy atom. The number of aromatic nitrogens is 1. The van der Waals surface area contributed by atoms with Crippen molar-refractivity contribution in [2.45, 2.75) is 25.8 Å². The van der Waals surface area contributed by atoms with E-state index in [4.69, 9.17) is 4.74 Å². The number of carbonyl (C=O) groups is 2. The summed E-state index contributed by atoms with van der Waals surface area (Å²) in [5.41, 5.74) is 4.91. The number of aromatic amines is 1. The molecule has 1 unspecified atom stereocenters. The SMILES string of the molecule is CCOC(=O)N1CCc2c([nH]c3ccc(Br)cc23)C1c1ccc(C(=O)N2CCN(CCCN(C)C)CC2)cc1. The van der Waals surface area contributed by atoms with Gasteiger partial charge in [-0.15, -0.1) is 0 Å². The summed E-state index contributed by atoms with van der Waals surface area (Å²) >= 11 is 3.60. The highest BCUT2D eigenvalue weighted by atomic mass is 79.9. The molecule has 0 spiro atoms. The first kappa shape index (κ1) is 27.7. The van der Waals surface area contributed by atoms with E-state index in [1.807, 2.05) is 42.2 Å². The maximum Gasteiger partial charge on any atom is 0.410 e. The van der Waals surface area contributed by atoms with Crippen molar-refractivity contribution < 1.29 is 14.3 Å². The molecule has 1 atom stereocenters. The van der Waals surface area contributed by atoms with Crippen LogP contribution in [0.15, 0.2) is 46.9 Å². The van der Waals surface area contributed by atoms with Gasteiger partial charge in [-0.3, -0.25) is 14.6 Å². The molecule has 208 valence electrons. The molecule has 2 aliphatic rings. The number of rotatable bonds is 7. The van der Waals surface area contributed by atoms with Crippen molar-refractivity contribution in [1.29, 1.82) is 0 Å². The summed E-state index contributed by atoms with van der Waals surface area (Å²) in [6.07, 6.45) is 1.57. The van der Waals surface area contributed by atoms with Gasteiger partial charge in [0.25, 0.3) is 5.91 Å². The summed E-state index contributed by atoms with van der Waals surface area (Å²) in [4.78, 5) is 38.3. The number of nitrogens with one attached hydrogen (secondary N) is 1. The van der Waals surface area contributed by atoms with E-state index in [-0.39, 0.29) is 18.0 Å². The van der Waals surface area contributed by atoms with E-state index in [0.717, 1.165) is 73.4 Å². The Morgan fingerprint density at radius 3 is 2.49 bits per heavy atom. The number of hydrogen-bond donors (Lipinski definition) is 1. The van der Waals surface area contributed by atoms with Crippen LogP contribution in [0.4, 0.5) is 4.79 Å². The van der Waals surface area contributed by atoms with E-state index in [1.165, 1.54) is 10.9 Å². The van der Waals surface area contributed by atoms with Crippen LogP contribution in [0.2, 0.25) is 0 Å². The second-order valence-corrected chi connectivity index (χ2v) is 11.6. The largest absolute Gasteiger partial charge is 0.450 e. The van der Waals surface area contributed by atoms with Crippen LogP contribution >= 0.6 is 15.9 Å². The first-order valence-electron chi connectivity index (χ1n) is 13.9. The molecule has 3 heterocycles. The average molecular weight is 597 g/mol. The number of H-pyrrole nitrogens is 1. The fourth-order valence-electron chi connectivity index (χ4n) is 5.79. The number of carbonyl (C=O) groups excluding carboxylic acids is 2. The highest BCUT2D eigenvalue weighted by Gasteiger charge is 2.35. The Bertz CT molecular complexity index is 1310. The van der Waals surface area contributed by atoms with Crippen LogP contribution in [0.1, 0.15) is 46.6 Å². The molecule has 9 heteroatoms. The lowest BCUT2D eigenvalue weighted by molar-refractivity contribution is 0.0633. The van der Waals surface area contributed by atoms with Gasteiger partial charge in [0, 0.05) is 59.4 Å². The molecule has 1 aromatic heterocycles. The highest BCUT2D eigenvalue weighted by Crippen LogP contribution is 2.39. The van der Waals surface area contributed by atoms with Crippen molar-refractivity contribution in [2.24, 2.45) is 0 Å². The number of halogens is 1. The Hall–Kier alpha value is -2.88. The van der Waals surface area contributed by atoms with Crippen LogP contribution < -0.4 is 0 Å². The van der Waals surface area contributed by atoms with Crippen molar-refractivity contribution in [2.75, 3.05) is 66.5 Å². The molecule has 2 amide bonds. The van der Waals surface area contributed by atoms with Crippen LogP contribution in [0, 0.1) is 0 Å². The minimum atomic E-state index is -0.323. The summed E-state index contributed by atoms with van der Waals surface area (Å²) in [5.74, 6) is 0.0662. The molecule has 0 bridgehead atoms. The maximum absolute atomic E-state index is 13.3. The maximum atomic E-state index is 13.3. The van der Waals surface area contributed by atoms with E-state index < -0.39 is 0 Å². The van der Waals surface area contributed by atoms with Gasteiger partial charge in [-0.25, -0.2) is 4.79 Å². The van der Waals surface area contributed by atoms with Crippen LogP contribution in [-0.2, 0) is 11.2 Å². The van der Waals surface area contributed by atoms with Gasteiger partial charge >= 0.3 is 6.09 Å². The second kappa shape index (κ2) is 12.1. The zero-order valence-electron chi connectivity index (χ0n) is 23.1. The average Bonchev–Trinajstić information content (AvgIpc) is 3.30. The number of fused-ring (bicyclic) bond motifs is 3. The topological polar surface area (TPSA) is 72.1 Å². The molecular weight excluding hydrogens is 558 g/mol. The summed E-state index contributed by atoms with van der Waals surface area (Å²) in [6, 6.07) is 13.7. The molecule has 2 aliphatic heterocycles. The molecule has 0 radical (unpaired) electrons. The lowest BCUT2D eigenvalue weighted by Crippen LogP contribution is -2.49. The third kappa shape index (κ3) is 6.00. The smallest absolute Gasteiger partial charge is 0.410 e. The Labute approximate surface area is 239 Å². The first-order valence-corrected chi connectivity index (χ1v) is 14.6. The monoisotopic (exact) mass is 595 g/mol. The van der Waals surface area contributed by atoms with E-state index >= 15 is 0 Å². The van der Waals surface area contributed by atoms with Crippen molar-refractivity contribution in [3.05, 3.63) is 69.3 Å². The minimum absolute atomic E-state index is 0.0662. The van der Waals surface area contributed by atoms with Crippen LogP contribution in [0.3, 0.4) is 0 Å². The molecule has 1 N–H and O–H groups in total. The molecule has 1 saturated heterocycles. The molecule has 8 nitrogen and oxygen atoms in total. The third-order valence-corrected chi connectivity index (χ3v) is 8.30. The van der Waals surface area contributed by atoms with E-state index in [1.54, 1.807) is 4.90 Å². The molecule has 2 aromatic carbocycles. The number of benzene rings is 2. The molecular formula is C30H38BrN5O3. The van der Waals surface area contributed by atoms with E-state index in [9.17, 15) is 9.59 Å². The van der Waals surface area contributed by atoms with Crippen LogP contribution in [0.5, 0.6) is 0 Å². The van der Waals surface area contributed by atoms with Crippen molar-refractivity contribution in [1.82, 2.24) is 24.6 Å². The molecule has 39 heavy (non-hydrogen) atoms. The Kier molecular flexibility index (Phi) is 8.59. The number of amides is 2. The van der Waals surface area contributed by atoms with Crippen LogP contribution in [-0.4, -0.2) is 103 Å². The van der Waals surface area contributed by atoms with E-state index in [0.29, 0.717) is 18.7 Å². The van der Waals surface area contributed by atoms with Gasteiger partial charge in [-0.1, -0.05) is 28.1 Å². The fraction of sp³-hybridized carbons (Fsp3) is 0.467. The van der Waals surface area contributed by atoms with Gasteiger partial charge in [0.15, 0.2) is 0 Å². The Balaban J connectivity index is 1.34. The van der Waals surface area contributed by atoms with Crippen LogP contribution in [0.25, 0.3) is 10.9 Å². The predicted molar refractivity (Wildman–Crippen MR) is 157 cm³/mol. The second-order valence-electron chi connectivity index (χ2n) is 10.7. The van der Waals surface area contributed by atoms with Gasteiger partial charge in [0.1, 0.15) is 6.04 Å². The quantitative estimate of drug-likeness (QED) is 0.427. The predicted octanol–water partition coefficient (Wildman–Crippen LogP) is 4.74. The highest BCUT2D eigenvalue weighted by molar-refractivity contribution is 9.10. The fourth-order valence-corrected chi connectivity index (χ4v) is 6.15. The summed E-state index contributed by atoms with van der Waals surface area (Å²) in [6.45, 7) is 8.18. The zero-order valence-corrected chi connectivity index (χ0v) is 24.7. The molecule has 3 aromatic rings. The van der Waals surface area contributed by atoms with Gasteiger partial charge in [0.05, 0.1) is 6.61 Å². The van der Waals surface area contributed by atoms with Crippen molar-refractivity contribution in [3.8, 4) is 0 Å². The molecule has 0 saturated carbocycles. The molecule has 5 rings (SSSR count). The zero-order chi connectivity index (χ0) is 27.5. The normalized spacial score (nSPS) is 18.0.